The lowest BCUT2D eigenvalue weighted by Crippen LogP contribution is -2.34. The van der Waals surface area contributed by atoms with E-state index < -0.39 is 12.0 Å². The second kappa shape index (κ2) is 7.96. The molecular weight excluding hydrogens is 300 g/mol. The fourth-order valence-corrected chi connectivity index (χ4v) is 2.10. The first-order valence-electron chi connectivity index (χ1n) is 6.27. The third kappa shape index (κ3) is 3.93. The number of carbonyl (C=O) groups is 1. The van der Waals surface area contributed by atoms with Crippen molar-refractivity contribution in [3.63, 3.8) is 0 Å². The van der Waals surface area contributed by atoms with Crippen LogP contribution in [0, 0.1) is 5.92 Å². The van der Waals surface area contributed by atoms with Gasteiger partial charge in [0.05, 0.1) is 20.3 Å². The van der Waals surface area contributed by atoms with Crippen molar-refractivity contribution in [2.45, 2.75) is 6.10 Å². The van der Waals surface area contributed by atoms with Crippen molar-refractivity contribution < 1.29 is 19.4 Å². The zero-order chi connectivity index (χ0) is 14.5. The van der Waals surface area contributed by atoms with Crippen molar-refractivity contribution in [3.05, 3.63) is 11.9 Å². The van der Waals surface area contributed by atoms with Crippen LogP contribution in [0.2, 0.25) is 0 Å². The van der Waals surface area contributed by atoms with Crippen LogP contribution >= 0.6 is 12.4 Å². The van der Waals surface area contributed by atoms with Gasteiger partial charge in [-0.25, -0.2) is 9.97 Å². The summed E-state index contributed by atoms with van der Waals surface area (Å²) in [5.41, 5.74) is 0.151. The third-order valence-electron chi connectivity index (χ3n) is 3.22. The summed E-state index contributed by atoms with van der Waals surface area (Å²) >= 11 is 0. The first-order chi connectivity index (χ1) is 9.67. The Labute approximate surface area is 128 Å². The summed E-state index contributed by atoms with van der Waals surface area (Å²) in [6.45, 7) is 1.57. The molecule has 0 saturated carbocycles. The molecule has 0 aromatic carbocycles. The Morgan fingerprint density at radius 2 is 2.00 bits per heavy atom. The molecule has 1 fully saturated rings. The van der Waals surface area contributed by atoms with E-state index in [1.807, 2.05) is 0 Å². The van der Waals surface area contributed by atoms with E-state index in [0.29, 0.717) is 19.6 Å². The number of carbonyl (C=O) groups excluding carboxylic acids is 1. The second-order valence-corrected chi connectivity index (χ2v) is 4.46. The molecule has 1 aliphatic rings. The largest absolute Gasteiger partial charge is 0.480 e. The molecule has 2 atom stereocenters. The maximum atomic E-state index is 12.2. The molecule has 2 unspecified atom stereocenters. The van der Waals surface area contributed by atoms with Gasteiger partial charge in [-0.15, -0.1) is 12.4 Å². The van der Waals surface area contributed by atoms with Crippen LogP contribution in [0.5, 0.6) is 11.8 Å². The van der Waals surface area contributed by atoms with Crippen LogP contribution in [0.3, 0.4) is 0 Å². The molecule has 0 spiro atoms. The average Bonchev–Trinajstić information content (AvgIpc) is 2.89. The highest BCUT2D eigenvalue weighted by Crippen LogP contribution is 2.23. The van der Waals surface area contributed by atoms with Crippen molar-refractivity contribution in [3.8, 4) is 11.8 Å². The van der Waals surface area contributed by atoms with Crippen LogP contribution in [0.4, 0.5) is 0 Å². The molecule has 2 heterocycles. The van der Waals surface area contributed by atoms with Gasteiger partial charge in [-0.2, -0.15) is 0 Å². The van der Waals surface area contributed by atoms with Gasteiger partial charge in [-0.3, -0.25) is 4.79 Å². The zero-order valence-corrected chi connectivity index (χ0v) is 12.6. The Kier molecular flexibility index (Phi) is 6.60. The summed E-state index contributed by atoms with van der Waals surface area (Å²) in [4.78, 5) is 20.0. The number of aromatic nitrogens is 2. The molecule has 1 amide bonds. The van der Waals surface area contributed by atoms with Crippen molar-refractivity contribution in [2.75, 3.05) is 33.9 Å². The monoisotopic (exact) mass is 318 g/mol. The predicted octanol–water partition coefficient (Wildman–Crippen LogP) is -0.774. The van der Waals surface area contributed by atoms with Gasteiger partial charge in [-0.1, -0.05) is 0 Å². The number of hydrogen-bond acceptors (Lipinski definition) is 7. The number of rotatable bonds is 5. The van der Waals surface area contributed by atoms with Crippen LogP contribution in [0.25, 0.3) is 0 Å². The highest BCUT2D eigenvalue weighted by Gasteiger charge is 2.27. The predicted molar refractivity (Wildman–Crippen MR) is 77.1 cm³/mol. The van der Waals surface area contributed by atoms with E-state index in [9.17, 15) is 9.90 Å². The summed E-state index contributed by atoms with van der Waals surface area (Å²) in [6.07, 6.45) is 0.810. The summed E-state index contributed by atoms with van der Waals surface area (Å²) in [6, 6.07) is 0. The molecule has 1 aromatic heterocycles. The number of halogens is 1. The van der Waals surface area contributed by atoms with E-state index in [0.717, 1.165) is 0 Å². The quantitative estimate of drug-likeness (QED) is 0.654. The Hall–Kier alpha value is -1.64. The molecule has 0 bridgehead atoms. The fraction of sp³-hybridized carbons (Fsp3) is 0.583. The van der Waals surface area contributed by atoms with Crippen molar-refractivity contribution >= 4 is 18.3 Å². The van der Waals surface area contributed by atoms with Gasteiger partial charge in [0.1, 0.15) is 6.33 Å². The molecule has 1 aromatic rings. The third-order valence-corrected chi connectivity index (χ3v) is 3.22. The van der Waals surface area contributed by atoms with E-state index in [4.69, 9.17) is 9.47 Å². The Morgan fingerprint density at radius 3 is 2.48 bits per heavy atom. The first-order valence-corrected chi connectivity index (χ1v) is 6.27. The topological polar surface area (TPSA) is 106 Å². The van der Waals surface area contributed by atoms with Crippen LogP contribution in [-0.2, 0) is 0 Å². The lowest BCUT2D eigenvalue weighted by molar-refractivity contribution is 0.0919. The number of β-amino-alcohol motifs (C(OH)–C–C–N with tert-alkyl or cyclic N) is 1. The van der Waals surface area contributed by atoms with E-state index in [1.165, 1.54) is 20.5 Å². The number of ether oxygens (including phenoxy) is 2. The van der Waals surface area contributed by atoms with Gasteiger partial charge in [-0.05, 0) is 0 Å². The molecule has 1 aliphatic heterocycles. The lowest BCUT2D eigenvalue weighted by atomic mass is 10.1. The number of aliphatic hydroxyl groups is 1. The molecule has 0 radical (unpaired) electrons. The molecule has 3 N–H and O–H groups in total. The summed E-state index contributed by atoms with van der Waals surface area (Å²) < 4.78 is 10.1. The first kappa shape index (κ1) is 17.4. The fourth-order valence-electron chi connectivity index (χ4n) is 2.10. The number of methoxy groups -OCH3 is 2. The van der Waals surface area contributed by atoms with E-state index >= 15 is 0 Å². The molecule has 118 valence electrons. The van der Waals surface area contributed by atoms with Crippen LogP contribution in [-0.4, -0.2) is 60.9 Å². The van der Waals surface area contributed by atoms with Gasteiger partial charge in [0.2, 0.25) is 11.8 Å². The SMILES string of the molecule is COc1ncnc(OC)c1C(=O)NCC1CNCC1O.Cl. The second-order valence-electron chi connectivity index (χ2n) is 4.46. The minimum Gasteiger partial charge on any atom is -0.480 e. The normalized spacial score (nSPS) is 20.5. The summed E-state index contributed by atoms with van der Waals surface area (Å²) in [5.74, 6) is -0.0992. The average molecular weight is 319 g/mol. The minimum absolute atomic E-state index is 0. The van der Waals surface area contributed by atoms with Gasteiger partial charge in [0.25, 0.3) is 5.91 Å². The van der Waals surface area contributed by atoms with Crippen LogP contribution in [0.15, 0.2) is 6.33 Å². The molecule has 2 rings (SSSR count). The number of aliphatic hydroxyl groups excluding tert-OH is 1. The maximum absolute atomic E-state index is 12.2. The van der Waals surface area contributed by atoms with Gasteiger partial charge >= 0.3 is 0 Å². The molecule has 1 saturated heterocycles. The lowest BCUT2D eigenvalue weighted by Gasteiger charge is -2.15. The Bertz CT molecular complexity index is 466. The summed E-state index contributed by atoms with van der Waals surface area (Å²) in [5, 5.41) is 15.5. The molecule has 0 aliphatic carbocycles. The number of hydrogen-bond donors (Lipinski definition) is 3. The Balaban J connectivity index is 0.00000220. The molecule has 9 heteroatoms. The van der Waals surface area contributed by atoms with Crippen molar-refractivity contribution in [2.24, 2.45) is 5.92 Å². The smallest absolute Gasteiger partial charge is 0.262 e. The van der Waals surface area contributed by atoms with E-state index in [-0.39, 0.29) is 35.6 Å². The van der Waals surface area contributed by atoms with E-state index in [1.54, 1.807) is 0 Å². The maximum Gasteiger partial charge on any atom is 0.262 e. The van der Waals surface area contributed by atoms with Gasteiger partial charge < -0.3 is 25.2 Å². The number of nitrogens with one attached hydrogen (secondary N) is 2. The van der Waals surface area contributed by atoms with E-state index in [2.05, 4.69) is 20.6 Å². The van der Waals surface area contributed by atoms with Gasteiger partial charge in [0.15, 0.2) is 5.56 Å². The number of nitrogens with zero attached hydrogens (tertiary/aromatic N) is 2. The Morgan fingerprint density at radius 1 is 1.38 bits per heavy atom. The number of amides is 1. The van der Waals surface area contributed by atoms with Crippen LogP contribution < -0.4 is 20.1 Å². The van der Waals surface area contributed by atoms with Crippen LogP contribution in [0.1, 0.15) is 10.4 Å². The summed E-state index contributed by atoms with van der Waals surface area (Å²) in [7, 11) is 2.84. The standard InChI is InChI=1S/C12H18N4O4.ClH/c1-19-11-9(12(20-2)16-6-15-11)10(18)14-4-7-3-13-5-8(7)17;/h6-8,13,17H,3-5H2,1-2H3,(H,14,18);1H. The molecular formula is C12H19ClN4O4. The highest BCUT2D eigenvalue weighted by atomic mass is 35.5. The minimum atomic E-state index is -0.453. The van der Waals surface area contributed by atoms with Crippen molar-refractivity contribution in [1.82, 2.24) is 20.6 Å². The van der Waals surface area contributed by atoms with Crippen molar-refractivity contribution in [1.29, 1.82) is 0 Å². The molecule has 21 heavy (non-hydrogen) atoms. The van der Waals surface area contributed by atoms with Gasteiger partial charge in [0, 0.05) is 25.6 Å². The highest BCUT2D eigenvalue weighted by molar-refractivity contribution is 5.98. The molecule has 8 nitrogen and oxygen atoms in total. The zero-order valence-electron chi connectivity index (χ0n) is 11.8.